The molecule has 6 heavy (non-hydrogen) atoms. The van der Waals surface area contributed by atoms with Gasteiger partial charge in [-0.25, -0.2) is 0 Å². The molecule has 0 aromatic rings. The average molecular weight is 133 g/mol. The SMILES string of the molecule is [CH2-]CC.[CH3-].[O]=[Co]. The first-order valence-corrected chi connectivity index (χ1v) is 1.77. The molecule has 0 atom stereocenters. The van der Waals surface area contributed by atoms with Gasteiger partial charge < -0.3 is 14.4 Å². The van der Waals surface area contributed by atoms with Gasteiger partial charge in [-0.3, -0.25) is 0 Å². The van der Waals surface area contributed by atoms with Crippen LogP contribution < -0.4 is 0 Å². The molecule has 0 saturated heterocycles. The molecule has 0 fully saturated rings. The van der Waals surface area contributed by atoms with Gasteiger partial charge in [0.25, 0.3) is 0 Å². The van der Waals surface area contributed by atoms with E-state index in [1.807, 2.05) is 6.92 Å². The summed E-state index contributed by atoms with van der Waals surface area (Å²) in [5.74, 6) is 0. The number of hydrogen-bond acceptors (Lipinski definition) is 1. The summed E-state index contributed by atoms with van der Waals surface area (Å²) in [5.41, 5.74) is 0. The van der Waals surface area contributed by atoms with Crippen LogP contribution in [-0.2, 0) is 19.5 Å². The minimum absolute atomic E-state index is 0. The van der Waals surface area contributed by atoms with Crippen LogP contribution in [0.2, 0.25) is 0 Å². The zero-order valence-corrected chi connectivity index (χ0v) is 5.20. The summed E-state index contributed by atoms with van der Waals surface area (Å²) < 4.78 is 7.94. The zero-order valence-electron chi connectivity index (χ0n) is 4.16. The maximum atomic E-state index is 7.94. The van der Waals surface area contributed by atoms with Gasteiger partial charge in [-0.1, -0.05) is 6.92 Å². The van der Waals surface area contributed by atoms with Gasteiger partial charge in [0.1, 0.15) is 0 Å². The third-order valence-corrected chi connectivity index (χ3v) is 0. The summed E-state index contributed by atoms with van der Waals surface area (Å²) in [6, 6.07) is 0. The van der Waals surface area contributed by atoms with E-state index in [0.29, 0.717) is 0 Å². The van der Waals surface area contributed by atoms with E-state index < -0.39 is 0 Å². The van der Waals surface area contributed by atoms with Gasteiger partial charge in [-0.05, 0) is 0 Å². The van der Waals surface area contributed by atoms with Crippen molar-refractivity contribution in [3.63, 3.8) is 0 Å². The Kier molecular flexibility index (Phi) is 156. The van der Waals surface area contributed by atoms with Crippen molar-refractivity contribution in [3.8, 4) is 0 Å². The van der Waals surface area contributed by atoms with Crippen LogP contribution in [0.1, 0.15) is 13.3 Å². The normalized spacial score (nSPS) is 3.83. The molecule has 0 aliphatic rings. The van der Waals surface area contributed by atoms with Crippen LogP contribution in [-0.4, -0.2) is 0 Å². The quantitative estimate of drug-likeness (QED) is 0.458. The van der Waals surface area contributed by atoms with Crippen LogP contribution in [0.3, 0.4) is 0 Å². The standard InChI is InChI=1S/C3H7.CH3.Co.O/c1-3-2;;;/h1,3H2,2H3;1H3;;/q2*-1;;. The van der Waals surface area contributed by atoms with Crippen LogP contribution >= 0.6 is 0 Å². The summed E-state index contributed by atoms with van der Waals surface area (Å²) in [4.78, 5) is 0. The Balaban J connectivity index is -0.0000000275. The first kappa shape index (κ1) is 16.2. The fourth-order valence-corrected chi connectivity index (χ4v) is 0. The zero-order chi connectivity index (χ0) is 4.71. The first-order chi connectivity index (χ1) is 2.41. The molecule has 0 heterocycles. The molecule has 1 nitrogen and oxygen atoms in total. The maximum absolute atomic E-state index is 7.94. The van der Waals surface area contributed by atoms with Crippen molar-refractivity contribution in [1.29, 1.82) is 0 Å². The molecule has 0 aromatic heterocycles. The number of rotatable bonds is 0. The molecule has 2 heteroatoms. The summed E-state index contributed by atoms with van der Waals surface area (Å²) >= 11 is 2.31. The topological polar surface area (TPSA) is 17.1 Å². The molecular formula is C4H10CoO-2. The Bertz CT molecular complexity index is 11.5. The molecule has 0 spiro atoms. The molecule has 0 rings (SSSR count). The van der Waals surface area contributed by atoms with Crippen molar-refractivity contribution in [1.82, 2.24) is 0 Å². The monoisotopic (exact) mass is 133 g/mol. The van der Waals surface area contributed by atoms with Crippen molar-refractivity contribution >= 4 is 0 Å². The third-order valence-electron chi connectivity index (χ3n) is 0. The van der Waals surface area contributed by atoms with E-state index in [1.54, 1.807) is 0 Å². The Morgan fingerprint density at radius 1 is 1.67 bits per heavy atom. The first-order valence-electron chi connectivity index (χ1n) is 1.34. The van der Waals surface area contributed by atoms with Crippen LogP contribution in [0.15, 0.2) is 0 Å². The van der Waals surface area contributed by atoms with Gasteiger partial charge in [-0.15, -0.1) is 0 Å². The van der Waals surface area contributed by atoms with E-state index in [2.05, 4.69) is 22.6 Å². The van der Waals surface area contributed by atoms with Crippen LogP contribution in [0, 0.1) is 14.4 Å². The molecule has 43 valence electrons. The van der Waals surface area contributed by atoms with E-state index >= 15 is 0 Å². The molecule has 0 N–H and O–H groups in total. The summed E-state index contributed by atoms with van der Waals surface area (Å²) in [7, 11) is 0. The second kappa shape index (κ2) is 57.7. The van der Waals surface area contributed by atoms with Gasteiger partial charge in [0.15, 0.2) is 0 Å². The van der Waals surface area contributed by atoms with Gasteiger partial charge in [-0.2, -0.15) is 6.42 Å². The average Bonchev–Trinajstić information content (AvgIpc) is 1.46. The number of hydrogen-bond donors (Lipinski definition) is 0. The van der Waals surface area contributed by atoms with Crippen molar-refractivity contribution < 1.29 is 19.5 Å². The molecule has 0 saturated carbocycles. The molecule has 0 unspecified atom stereocenters. The van der Waals surface area contributed by atoms with Gasteiger partial charge in [0.2, 0.25) is 0 Å². The van der Waals surface area contributed by atoms with E-state index in [1.165, 1.54) is 0 Å². The molecule has 0 aliphatic carbocycles. The summed E-state index contributed by atoms with van der Waals surface area (Å²) in [6.45, 7) is 5.50. The molecule has 0 aliphatic heterocycles. The van der Waals surface area contributed by atoms with Crippen molar-refractivity contribution in [2.75, 3.05) is 0 Å². The third kappa shape index (κ3) is 501. The van der Waals surface area contributed by atoms with Crippen molar-refractivity contribution in [2.24, 2.45) is 0 Å². The summed E-state index contributed by atoms with van der Waals surface area (Å²) in [5, 5.41) is 0. The Hall–Kier alpha value is 0.306. The Morgan fingerprint density at radius 3 is 1.67 bits per heavy atom. The summed E-state index contributed by atoms with van der Waals surface area (Å²) in [6.07, 6.45) is 1.00. The van der Waals surface area contributed by atoms with E-state index in [0.717, 1.165) is 6.42 Å². The molecular weight excluding hydrogens is 123 g/mol. The second-order valence-corrected chi connectivity index (χ2v) is 0.500. The van der Waals surface area contributed by atoms with Gasteiger partial charge >= 0.3 is 19.5 Å². The van der Waals surface area contributed by atoms with Gasteiger partial charge in [0, 0.05) is 0 Å². The predicted octanol–water partition coefficient (Wildman–Crippen LogP) is 1.56. The van der Waals surface area contributed by atoms with Crippen LogP contribution in [0.5, 0.6) is 0 Å². The molecule has 0 aromatic carbocycles. The Labute approximate surface area is 47.9 Å². The fraction of sp³-hybridized carbons (Fsp3) is 0.500. The van der Waals surface area contributed by atoms with E-state index in [9.17, 15) is 0 Å². The van der Waals surface area contributed by atoms with Crippen molar-refractivity contribution in [3.05, 3.63) is 14.4 Å². The van der Waals surface area contributed by atoms with Crippen LogP contribution in [0.4, 0.5) is 0 Å². The van der Waals surface area contributed by atoms with E-state index in [4.69, 9.17) is 3.87 Å². The molecule has 0 amide bonds. The van der Waals surface area contributed by atoms with Crippen molar-refractivity contribution in [2.45, 2.75) is 13.3 Å². The molecule has 0 bridgehead atoms. The van der Waals surface area contributed by atoms with Crippen LogP contribution in [0.25, 0.3) is 0 Å². The Morgan fingerprint density at radius 2 is 1.67 bits per heavy atom. The fourth-order valence-electron chi connectivity index (χ4n) is 0. The minimum atomic E-state index is 0. The van der Waals surface area contributed by atoms with Gasteiger partial charge in [0.05, 0.1) is 0 Å². The predicted molar refractivity (Wildman–Crippen MR) is 22.7 cm³/mol. The second-order valence-electron chi connectivity index (χ2n) is 0.500. The molecule has 0 radical (unpaired) electrons. The van der Waals surface area contributed by atoms with E-state index in [-0.39, 0.29) is 7.43 Å².